The summed E-state index contributed by atoms with van der Waals surface area (Å²) >= 11 is 0. The highest BCUT2D eigenvalue weighted by Crippen LogP contribution is 2.35. The summed E-state index contributed by atoms with van der Waals surface area (Å²) in [7, 11) is -3.62. The Morgan fingerprint density at radius 1 is 1.43 bits per heavy atom. The summed E-state index contributed by atoms with van der Waals surface area (Å²) in [5.74, 6) is 0. The number of fused-ring (bicyclic) bond motifs is 2. The highest BCUT2D eigenvalue weighted by Gasteiger charge is 2.43. The summed E-state index contributed by atoms with van der Waals surface area (Å²) in [4.78, 5) is 0. The van der Waals surface area contributed by atoms with E-state index in [0.29, 0.717) is 12.1 Å². The number of sulfonamides is 1. The van der Waals surface area contributed by atoms with Gasteiger partial charge in [0.15, 0.2) is 5.03 Å². The number of nitrogens with one attached hydrogen (secondary N) is 3. The maximum atomic E-state index is 12.6. The number of aromatic amines is 1. The van der Waals surface area contributed by atoms with Gasteiger partial charge in [0.1, 0.15) is 0 Å². The van der Waals surface area contributed by atoms with Crippen LogP contribution in [0.25, 0.3) is 0 Å². The Morgan fingerprint density at radius 2 is 2.24 bits per heavy atom. The van der Waals surface area contributed by atoms with Crippen LogP contribution in [0.2, 0.25) is 0 Å². The molecule has 0 aromatic carbocycles. The van der Waals surface area contributed by atoms with Crippen molar-refractivity contribution in [2.45, 2.75) is 62.9 Å². The summed E-state index contributed by atoms with van der Waals surface area (Å²) in [6.07, 6.45) is 2.96. The minimum absolute atomic E-state index is 0.0158. The van der Waals surface area contributed by atoms with Crippen LogP contribution in [0.5, 0.6) is 0 Å². The lowest BCUT2D eigenvalue weighted by Crippen LogP contribution is -2.41. The Hall–Kier alpha value is -0.960. The van der Waals surface area contributed by atoms with E-state index in [1.165, 1.54) is 0 Å². The van der Waals surface area contributed by atoms with E-state index in [1.807, 2.05) is 13.8 Å². The second-order valence-electron chi connectivity index (χ2n) is 5.75. The molecule has 2 aliphatic heterocycles. The largest absolute Gasteiger partial charge is 0.373 e. The van der Waals surface area contributed by atoms with Crippen LogP contribution in [-0.4, -0.2) is 43.4 Å². The maximum Gasteiger partial charge on any atom is 0.260 e. The Kier molecular flexibility index (Phi) is 4.04. The lowest BCUT2D eigenvalue weighted by molar-refractivity contribution is 0.0996. The third kappa shape index (κ3) is 2.85. The lowest BCUT2D eigenvalue weighted by atomic mass is 9.96. The van der Waals surface area contributed by atoms with E-state index in [0.717, 1.165) is 31.5 Å². The molecule has 0 saturated carbocycles. The normalized spacial score (nSPS) is 28.4. The van der Waals surface area contributed by atoms with Gasteiger partial charge in [-0.05, 0) is 32.7 Å². The van der Waals surface area contributed by atoms with Crippen molar-refractivity contribution >= 4 is 10.0 Å². The summed E-state index contributed by atoms with van der Waals surface area (Å²) < 4.78 is 33.6. The van der Waals surface area contributed by atoms with Gasteiger partial charge >= 0.3 is 0 Å². The molecule has 2 bridgehead atoms. The summed E-state index contributed by atoms with van der Waals surface area (Å²) in [6, 6.07) is -0.127. The predicted octanol–water partition coefficient (Wildman–Crippen LogP) is 0.426. The van der Waals surface area contributed by atoms with Gasteiger partial charge in [-0.1, -0.05) is 6.92 Å². The van der Waals surface area contributed by atoms with Crippen LogP contribution in [-0.2, 0) is 21.3 Å². The van der Waals surface area contributed by atoms with E-state index >= 15 is 0 Å². The highest BCUT2D eigenvalue weighted by molar-refractivity contribution is 7.89. The molecule has 0 radical (unpaired) electrons. The standard InChI is InChI=1S/C13H22N4O3S/c1-3-14-7-10-8(2)15-16-13(10)21(18,19)17-11-6-9-4-5-12(11)20-9/h9,11-12,14,17H,3-7H2,1-2H3,(H,15,16). The molecule has 0 aliphatic carbocycles. The van der Waals surface area contributed by atoms with Crippen molar-refractivity contribution in [2.75, 3.05) is 6.54 Å². The van der Waals surface area contributed by atoms with Crippen molar-refractivity contribution in [2.24, 2.45) is 0 Å². The number of H-pyrrole nitrogens is 1. The molecule has 0 amide bonds. The topological polar surface area (TPSA) is 96.1 Å². The average Bonchev–Trinajstić information content (AvgIpc) is 3.11. The van der Waals surface area contributed by atoms with Gasteiger partial charge in [0.2, 0.25) is 0 Å². The summed E-state index contributed by atoms with van der Waals surface area (Å²) in [5, 5.41) is 10.0. The zero-order valence-corrected chi connectivity index (χ0v) is 13.2. The quantitative estimate of drug-likeness (QED) is 0.707. The van der Waals surface area contributed by atoms with Crippen molar-refractivity contribution < 1.29 is 13.2 Å². The molecule has 7 nitrogen and oxygen atoms in total. The number of hydrogen-bond acceptors (Lipinski definition) is 5. The van der Waals surface area contributed by atoms with Crippen molar-refractivity contribution in [3.05, 3.63) is 11.3 Å². The van der Waals surface area contributed by atoms with Crippen LogP contribution in [0.1, 0.15) is 37.4 Å². The van der Waals surface area contributed by atoms with Gasteiger partial charge < -0.3 is 10.1 Å². The predicted molar refractivity (Wildman–Crippen MR) is 77.3 cm³/mol. The van der Waals surface area contributed by atoms with E-state index in [9.17, 15) is 8.42 Å². The van der Waals surface area contributed by atoms with Crippen LogP contribution < -0.4 is 10.0 Å². The van der Waals surface area contributed by atoms with Crippen LogP contribution in [0.15, 0.2) is 5.03 Å². The molecular weight excluding hydrogens is 292 g/mol. The Labute approximate surface area is 124 Å². The number of rotatable bonds is 6. The molecule has 2 saturated heterocycles. The number of aryl methyl sites for hydroxylation is 1. The van der Waals surface area contributed by atoms with Crippen LogP contribution in [0.4, 0.5) is 0 Å². The van der Waals surface area contributed by atoms with Crippen molar-refractivity contribution in [3.63, 3.8) is 0 Å². The fourth-order valence-electron chi connectivity index (χ4n) is 3.13. The summed E-state index contributed by atoms with van der Waals surface area (Å²) in [5.41, 5.74) is 1.48. The minimum atomic E-state index is -3.62. The second kappa shape index (κ2) is 5.68. The third-order valence-electron chi connectivity index (χ3n) is 4.25. The van der Waals surface area contributed by atoms with Gasteiger partial charge in [-0.3, -0.25) is 5.10 Å². The maximum absolute atomic E-state index is 12.6. The molecule has 3 unspecified atom stereocenters. The first-order valence-electron chi connectivity index (χ1n) is 7.43. The molecular formula is C13H22N4O3S. The zero-order chi connectivity index (χ0) is 15.0. The number of nitrogens with zero attached hydrogens (tertiary/aromatic N) is 1. The fraction of sp³-hybridized carbons (Fsp3) is 0.769. The Morgan fingerprint density at radius 3 is 2.86 bits per heavy atom. The van der Waals surface area contributed by atoms with Gasteiger partial charge in [-0.2, -0.15) is 5.10 Å². The molecule has 3 N–H and O–H groups in total. The van der Waals surface area contributed by atoms with Crippen LogP contribution in [0, 0.1) is 6.92 Å². The number of ether oxygens (including phenoxy) is 1. The SMILES string of the molecule is CCNCc1c(S(=O)(=O)NC2CC3CCC2O3)n[nH]c1C. The molecule has 8 heteroatoms. The Balaban J connectivity index is 1.78. The first-order chi connectivity index (χ1) is 10.0. The lowest BCUT2D eigenvalue weighted by Gasteiger charge is -2.19. The smallest absolute Gasteiger partial charge is 0.260 e. The van der Waals surface area contributed by atoms with Gasteiger partial charge in [-0.15, -0.1) is 0 Å². The average molecular weight is 314 g/mol. The minimum Gasteiger partial charge on any atom is -0.373 e. The molecule has 0 spiro atoms. The number of hydrogen-bond donors (Lipinski definition) is 3. The molecule has 3 atom stereocenters. The number of aromatic nitrogens is 2. The van der Waals surface area contributed by atoms with E-state index in [-0.39, 0.29) is 23.3 Å². The summed E-state index contributed by atoms with van der Waals surface area (Å²) in [6.45, 7) is 5.08. The van der Waals surface area contributed by atoms with Crippen LogP contribution >= 0.6 is 0 Å². The van der Waals surface area contributed by atoms with Gasteiger partial charge in [0.25, 0.3) is 10.0 Å². The zero-order valence-electron chi connectivity index (χ0n) is 12.3. The highest BCUT2D eigenvalue weighted by atomic mass is 32.2. The van der Waals surface area contributed by atoms with Crippen molar-refractivity contribution in [1.29, 1.82) is 0 Å². The van der Waals surface area contributed by atoms with E-state index in [2.05, 4.69) is 20.2 Å². The van der Waals surface area contributed by atoms with Gasteiger partial charge in [0.05, 0.1) is 18.2 Å². The monoisotopic (exact) mass is 314 g/mol. The molecule has 2 fully saturated rings. The van der Waals surface area contributed by atoms with Crippen LogP contribution in [0.3, 0.4) is 0 Å². The Bertz CT molecular complexity index is 613. The molecule has 2 aliphatic rings. The first-order valence-corrected chi connectivity index (χ1v) is 8.92. The second-order valence-corrected chi connectivity index (χ2v) is 7.38. The van der Waals surface area contributed by atoms with Gasteiger partial charge in [-0.25, -0.2) is 13.1 Å². The molecule has 21 heavy (non-hydrogen) atoms. The molecule has 118 valence electrons. The first kappa shape index (κ1) is 15.0. The van der Waals surface area contributed by atoms with Crippen molar-refractivity contribution in [1.82, 2.24) is 20.2 Å². The molecule has 1 aromatic heterocycles. The fourth-order valence-corrected chi connectivity index (χ4v) is 4.60. The molecule has 3 rings (SSSR count). The molecule has 3 heterocycles. The van der Waals surface area contributed by atoms with Gasteiger partial charge in [0, 0.05) is 17.8 Å². The van der Waals surface area contributed by atoms with E-state index < -0.39 is 10.0 Å². The third-order valence-corrected chi connectivity index (χ3v) is 5.71. The van der Waals surface area contributed by atoms with Crippen molar-refractivity contribution in [3.8, 4) is 0 Å². The van der Waals surface area contributed by atoms with E-state index in [1.54, 1.807) is 0 Å². The molecule has 1 aromatic rings. The van der Waals surface area contributed by atoms with E-state index in [4.69, 9.17) is 4.74 Å².